The summed E-state index contributed by atoms with van der Waals surface area (Å²) in [5.41, 5.74) is 1.14. The molecule has 1 aromatic carbocycles. The van der Waals surface area contributed by atoms with E-state index >= 15 is 0 Å². The second-order valence-corrected chi connectivity index (χ2v) is 4.51. The fraction of sp³-hybridized carbons (Fsp3) is 0.462. The summed E-state index contributed by atoms with van der Waals surface area (Å²) in [4.78, 5) is 13.4. The molecule has 1 heterocycles. The molecule has 1 aromatic rings. The van der Waals surface area contributed by atoms with E-state index in [1.165, 1.54) is 0 Å². The Bertz CT molecular complexity index is 363. The second kappa shape index (κ2) is 4.66. The zero-order valence-electron chi connectivity index (χ0n) is 9.47. The number of benzene rings is 1. The van der Waals surface area contributed by atoms with Gasteiger partial charge >= 0.3 is 5.97 Å². The summed E-state index contributed by atoms with van der Waals surface area (Å²) in [6, 6.07) is 9.97. The summed E-state index contributed by atoms with van der Waals surface area (Å²) in [5, 5.41) is 9.24. The first-order valence-electron chi connectivity index (χ1n) is 5.65. The summed E-state index contributed by atoms with van der Waals surface area (Å²) in [5.74, 6) is -0.780. The van der Waals surface area contributed by atoms with Crippen molar-refractivity contribution >= 4 is 5.97 Å². The smallest absolute Gasteiger partial charge is 0.307 e. The van der Waals surface area contributed by atoms with Crippen molar-refractivity contribution in [2.45, 2.75) is 12.3 Å². The minimum absolute atomic E-state index is 0.123. The lowest BCUT2D eigenvalue weighted by molar-refractivity contribution is -0.144. The summed E-state index contributed by atoms with van der Waals surface area (Å²) >= 11 is 0. The van der Waals surface area contributed by atoms with Crippen LogP contribution in [0, 0.1) is 5.92 Å². The number of carboxylic acids is 1. The van der Waals surface area contributed by atoms with Crippen molar-refractivity contribution in [2.24, 2.45) is 5.92 Å². The minimum atomic E-state index is -0.665. The number of nitrogens with zero attached hydrogens (tertiary/aromatic N) is 1. The van der Waals surface area contributed by atoms with Crippen LogP contribution in [0.25, 0.3) is 0 Å². The minimum Gasteiger partial charge on any atom is -0.481 e. The summed E-state index contributed by atoms with van der Waals surface area (Å²) in [6.45, 7) is 1.71. The highest BCUT2D eigenvalue weighted by molar-refractivity contribution is 5.71. The Labute approximate surface area is 95.7 Å². The molecule has 2 atom stereocenters. The van der Waals surface area contributed by atoms with Crippen LogP contribution >= 0.6 is 0 Å². The molecule has 0 unspecified atom stereocenters. The van der Waals surface area contributed by atoms with Gasteiger partial charge in [-0.3, -0.25) is 4.79 Å². The Hall–Kier alpha value is -1.35. The number of carboxylic acid groups (broad SMARTS) is 1. The zero-order valence-corrected chi connectivity index (χ0v) is 9.47. The van der Waals surface area contributed by atoms with Crippen molar-refractivity contribution in [3.63, 3.8) is 0 Å². The van der Waals surface area contributed by atoms with Gasteiger partial charge in [0, 0.05) is 12.5 Å². The van der Waals surface area contributed by atoms with Gasteiger partial charge in [0.05, 0.1) is 5.92 Å². The number of aliphatic carboxylic acids is 1. The second-order valence-electron chi connectivity index (χ2n) is 4.51. The number of piperidine rings is 1. The van der Waals surface area contributed by atoms with E-state index in [0.29, 0.717) is 0 Å². The average Bonchev–Trinajstić information content (AvgIpc) is 2.29. The molecule has 0 radical (unpaired) electrons. The monoisotopic (exact) mass is 219 g/mol. The number of rotatable bonds is 2. The molecule has 1 saturated heterocycles. The highest BCUT2D eigenvalue weighted by Crippen LogP contribution is 2.31. The number of likely N-dealkylation sites (tertiary alicyclic amines) is 1. The van der Waals surface area contributed by atoms with Gasteiger partial charge in [-0.1, -0.05) is 30.3 Å². The summed E-state index contributed by atoms with van der Waals surface area (Å²) in [6.07, 6.45) is 0.741. The molecule has 3 heteroatoms. The predicted octanol–water partition coefficient (Wildman–Crippen LogP) is 1.81. The third-order valence-corrected chi connectivity index (χ3v) is 3.36. The molecular formula is C13H17NO2. The highest BCUT2D eigenvalue weighted by atomic mass is 16.4. The molecular weight excluding hydrogens is 202 g/mol. The molecule has 0 bridgehead atoms. The summed E-state index contributed by atoms with van der Waals surface area (Å²) < 4.78 is 0. The topological polar surface area (TPSA) is 40.5 Å². The predicted molar refractivity (Wildman–Crippen MR) is 62.4 cm³/mol. The Morgan fingerprint density at radius 1 is 1.38 bits per heavy atom. The molecule has 0 saturated carbocycles. The van der Waals surface area contributed by atoms with Crippen LogP contribution in [0.2, 0.25) is 0 Å². The van der Waals surface area contributed by atoms with E-state index in [-0.39, 0.29) is 11.8 Å². The first kappa shape index (κ1) is 11.1. The molecule has 1 N–H and O–H groups in total. The first-order chi connectivity index (χ1) is 7.68. The number of hydrogen-bond donors (Lipinski definition) is 1. The lowest BCUT2D eigenvalue weighted by Crippen LogP contribution is -2.39. The Kier molecular flexibility index (Phi) is 3.25. The normalized spacial score (nSPS) is 26.6. The first-order valence-corrected chi connectivity index (χ1v) is 5.65. The molecule has 0 spiro atoms. The van der Waals surface area contributed by atoms with Crippen molar-refractivity contribution in [3.8, 4) is 0 Å². The van der Waals surface area contributed by atoms with Crippen molar-refractivity contribution < 1.29 is 9.90 Å². The van der Waals surface area contributed by atoms with Gasteiger partial charge < -0.3 is 10.0 Å². The number of carbonyl (C=O) groups is 1. The molecule has 1 fully saturated rings. The molecule has 86 valence electrons. The molecule has 1 aliphatic heterocycles. The Morgan fingerprint density at radius 3 is 2.69 bits per heavy atom. The van der Waals surface area contributed by atoms with Gasteiger partial charge in [0.2, 0.25) is 0 Å². The van der Waals surface area contributed by atoms with E-state index in [1.54, 1.807) is 0 Å². The van der Waals surface area contributed by atoms with Crippen LogP contribution in [0.5, 0.6) is 0 Å². The van der Waals surface area contributed by atoms with Gasteiger partial charge in [0.25, 0.3) is 0 Å². The van der Waals surface area contributed by atoms with Crippen LogP contribution in [0.15, 0.2) is 30.3 Å². The average molecular weight is 219 g/mol. The van der Waals surface area contributed by atoms with Gasteiger partial charge in [-0.15, -0.1) is 0 Å². The lowest BCUT2D eigenvalue weighted by atomic mass is 9.81. The molecule has 3 nitrogen and oxygen atoms in total. The Balaban J connectivity index is 2.24. The number of likely N-dealkylation sites (N-methyl/N-ethyl adjacent to an activating group) is 1. The standard InChI is InChI=1S/C13H17NO2/c1-14-8-7-11(13(15)16)12(9-14)10-5-3-2-4-6-10/h2-6,11-12H,7-9H2,1H3,(H,15,16)/t11-,12+/m1/s1. The lowest BCUT2D eigenvalue weighted by Gasteiger charge is -2.34. The highest BCUT2D eigenvalue weighted by Gasteiger charge is 2.33. The fourth-order valence-corrected chi connectivity index (χ4v) is 2.45. The van der Waals surface area contributed by atoms with E-state index < -0.39 is 5.97 Å². The summed E-state index contributed by atoms with van der Waals surface area (Å²) in [7, 11) is 2.05. The van der Waals surface area contributed by atoms with Crippen LogP contribution in [-0.4, -0.2) is 36.1 Å². The fourth-order valence-electron chi connectivity index (χ4n) is 2.45. The molecule has 0 amide bonds. The van der Waals surface area contributed by atoms with Crippen LogP contribution < -0.4 is 0 Å². The van der Waals surface area contributed by atoms with Crippen molar-refractivity contribution in [2.75, 3.05) is 20.1 Å². The third kappa shape index (κ3) is 2.25. The van der Waals surface area contributed by atoms with Crippen molar-refractivity contribution in [1.82, 2.24) is 4.90 Å². The van der Waals surface area contributed by atoms with E-state index in [9.17, 15) is 9.90 Å². The SMILES string of the molecule is CN1CC[C@@H](C(=O)O)[C@H](c2ccccc2)C1. The van der Waals surface area contributed by atoms with Crippen LogP contribution in [0.4, 0.5) is 0 Å². The van der Waals surface area contributed by atoms with Gasteiger partial charge in [0.15, 0.2) is 0 Å². The maximum absolute atomic E-state index is 11.2. The maximum Gasteiger partial charge on any atom is 0.307 e. The van der Waals surface area contributed by atoms with Crippen molar-refractivity contribution in [3.05, 3.63) is 35.9 Å². The Morgan fingerprint density at radius 2 is 2.06 bits per heavy atom. The maximum atomic E-state index is 11.2. The molecule has 0 aromatic heterocycles. The van der Waals surface area contributed by atoms with E-state index in [4.69, 9.17) is 0 Å². The van der Waals surface area contributed by atoms with E-state index in [1.807, 2.05) is 37.4 Å². The van der Waals surface area contributed by atoms with Gasteiger partial charge in [-0.25, -0.2) is 0 Å². The van der Waals surface area contributed by atoms with Gasteiger partial charge in [-0.2, -0.15) is 0 Å². The van der Waals surface area contributed by atoms with Crippen LogP contribution in [-0.2, 0) is 4.79 Å². The van der Waals surface area contributed by atoms with E-state index in [2.05, 4.69) is 4.90 Å². The zero-order chi connectivity index (χ0) is 11.5. The van der Waals surface area contributed by atoms with Gasteiger partial charge in [0.1, 0.15) is 0 Å². The molecule has 16 heavy (non-hydrogen) atoms. The number of hydrogen-bond acceptors (Lipinski definition) is 2. The largest absolute Gasteiger partial charge is 0.481 e. The molecule has 0 aliphatic carbocycles. The van der Waals surface area contributed by atoms with Crippen molar-refractivity contribution in [1.29, 1.82) is 0 Å². The molecule has 1 aliphatic rings. The molecule has 2 rings (SSSR count). The quantitative estimate of drug-likeness (QED) is 0.824. The van der Waals surface area contributed by atoms with Gasteiger partial charge in [-0.05, 0) is 25.6 Å². The van der Waals surface area contributed by atoms with Crippen LogP contribution in [0.3, 0.4) is 0 Å². The van der Waals surface area contributed by atoms with Crippen LogP contribution in [0.1, 0.15) is 17.9 Å². The third-order valence-electron chi connectivity index (χ3n) is 3.36. The van der Waals surface area contributed by atoms with E-state index in [0.717, 1.165) is 25.1 Å².